The van der Waals surface area contributed by atoms with Crippen molar-refractivity contribution in [1.82, 2.24) is 4.90 Å². The van der Waals surface area contributed by atoms with Crippen LogP contribution in [-0.2, 0) is 21.4 Å². The van der Waals surface area contributed by atoms with Gasteiger partial charge in [0.25, 0.3) is 0 Å². The van der Waals surface area contributed by atoms with Crippen LogP contribution in [0.4, 0.5) is 0 Å². The van der Waals surface area contributed by atoms with Gasteiger partial charge in [-0.1, -0.05) is 6.07 Å². The molecule has 2 bridgehead atoms. The second kappa shape index (κ2) is 5.59. The van der Waals surface area contributed by atoms with Crippen LogP contribution in [0.5, 0.6) is 11.5 Å². The van der Waals surface area contributed by atoms with E-state index in [4.69, 9.17) is 9.47 Å². The van der Waals surface area contributed by atoms with Gasteiger partial charge in [0.05, 0.1) is 6.61 Å². The van der Waals surface area contributed by atoms with Crippen molar-refractivity contribution in [2.75, 3.05) is 20.2 Å². The van der Waals surface area contributed by atoms with Crippen LogP contribution in [0.1, 0.15) is 37.3 Å². The second-order valence-electron chi connectivity index (χ2n) is 7.32. The van der Waals surface area contributed by atoms with E-state index in [0.717, 1.165) is 37.8 Å². The first-order chi connectivity index (χ1) is 11.6. The van der Waals surface area contributed by atoms with Gasteiger partial charge in [-0.05, 0) is 50.4 Å². The molecule has 1 saturated heterocycles. The summed E-state index contributed by atoms with van der Waals surface area (Å²) in [5.74, 6) is 1.36. The number of carbonyl (C=O) groups excluding carboxylic acids is 2. The minimum atomic E-state index is -0.328. The van der Waals surface area contributed by atoms with Crippen molar-refractivity contribution in [3.8, 4) is 11.5 Å². The largest absolute Gasteiger partial charge is 0.488 e. The highest BCUT2D eigenvalue weighted by atomic mass is 16.6. The number of hydrogen-bond acceptors (Lipinski definition) is 5. The average molecular weight is 329 g/mol. The topological polar surface area (TPSA) is 55.8 Å². The highest BCUT2D eigenvalue weighted by Gasteiger charge is 2.57. The van der Waals surface area contributed by atoms with Crippen molar-refractivity contribution in [2.24, 2.45) is 5.92 Å². The molecule has 5 heteroatoms. The Balaban J connectivity index is 1.83. The predicted molar refractivity (Wildman–Crippen MR) is 88.5 cm³/mol. The molecule has 2 aliphatic heterocycles. The molecule has 0 aromatic heterocycles. The zero-order valence-electron chi connectivity index (χ0n) is 14.2. The zero-order chi connectivity index (χ0) is 16.9. The van der Waals surface area contributed by atoms with Gasteiger partial charge in [-0.2, -0.15) is 0 Å². The molecular formula is C19H23NO4. The van der Waals surface area contributed by atoms with Crippen molar-refractivity contribution in [2.45, 2.75) is 44.1 Å². The van der Waals surface area contributed by atoms with E-state index in [9.17, 15) is 9.59 Å². The van der Waals surface area contributed by atoms with Crippen LogP contribution >= 0.6 is 0 Å². The van der Waals surface area contributed by atoms with E-state index < -0.39 is 0 Å². The van der Waals surface area contributed by atoms with Gasteiger partial charge in [-0.3, -0.25) is 4.79 Å². The Hall–Kier alpha value is -1.88. The van der Waals surface area contributed by atoms with Gasteiger partial charge < -0.3 is 19.2 Å². The van der Waals surface area contributed by atoms with Crippen molar-refractivity contribution in [1.29, 1.82) is 0 Å². The van der Waals surface area contributed by atoms with Crippen molar-refractivity contribution >= 4 is 12.3 Å². The Morgan fingerprint density at radius 1 is 1.50 bits per heavy atom. The third-order valence-electron chi connectivity index (χ3n) is 6.11. The number of likely N-dealkylation sites (N-methyl/N-ethyl adjacent to an activating group) is 1. The number of rotatable bonds is 4. The monoisotopic (exact) mass is 329 g/mol. The first kappa shape index (κ1) is 15.6. The Morgan fingerprint density at radius 3 is 3.08 bits per heavy atom. The number of piperidine rings is 1. The van der Waals surface area contributed by atoms with Gasteiger partial charge in [-0.25, -0.2) is 0 Å². The summed E-state index contributed by atoms with van der Waals surface area (Å²) >= 11 is 0. The lowest BCUT2D eigenvalue weighted by molar-refractivity contribution is -0.132. The molecule has 1 aromatic rings. The van der Waals surface area contributed by atoms with Crippen molar-refractivity contribution in [3.63, 3.8) is 0 Å². The highest BCUT2D eigenvalue weighted by Crippen LogP contribution is 2.58. The molecule has 3 atom stereocenters. The Kier molecular flexibility index (Phi) is 3.64. The summed E-state index contributed by atoms with van der Waals surface area (Å²) in [6.45, 7) is 3.07. The lowest BCUT2D eigenvalue weighted by Crippen LogP contribution is -2.59. The summed E-state index contributed by atoms with van der Waals surface area (Å²) in [6.07, 6.45) is 4.48. The normalized spacial score (nSPS) is 30.4. The highest BCUT2D eigenvalue weighted by molar-refractivity contribution is 5.72. The van der Waals surface area contributed by atoms with Crippen LogP contribution in [0.25, 0.3) is 0 Å². The standard InChI is InChI=1S/C19H23NO4/c1-12(22)24-16-6-5-13-10-15-14(4-3-9-21)19(7-8-20(15)2)11-23-18(16)17(13)19/h5-6,9,14-15H,3-4,7-8,10-11H2,1-2H3/t14?,15-,19+/m1/s1. The molecule has 4 rings (SSSR count). The number of nitrogens with zero attached hydrogens (tertiary/aromatic N) is 1. The minimum Gasteiger partial charge on any atom is -0.488 e. The molecule has 1 aliphatic carbocycles. The van der Waals surface area contributed by atoms with Crippen LogP contribution in [0.3, 0.4) is 0 Å². The molecule has 1 spiro atoms. The molecule has 0 radical (unpaired) electrons. The molecule has 2 heterocycles. The summed E-state index contributed by atoms with van der Waals surface area (Å²) in [4.78, 5) is 24.8. The number of benzene rings is 1. The molecule has 5 nitrogen and oxygen atoms in total. The maximum absolute atomic E-state index is 11.4. The first-order valence-corrected chi connectivity index (χ1v) is 8.68. The predicted octanol–water partition coefficient (Wildman–Crippen LogP) is 2.10. The van der Waals surface area contributed by atoms with E-state index in [1.165, 1.54) is 18.1 Å². The Labute approximate surface area is 141 Å². The fourth-order valence-corrected chi connectivity index (χ4v) is 5.10. The number of carbonyl (C=O) groups is 2. The molecule has 1 aromatic carbocycles. The lowest BCUT2D eigenvalue weighted by atomic mass is 9.57. The number of ether oxygens (including phenoxy) is 2. The van der Waals surface area contributed by atoms with Crippen LogP contribution in [0, 0.1) is 5.92 Å². The molecule has 24 heavy (non-hydrogen) atoms. The summed E-state index contributed by atoms with van der Waals surface area (Å²) in [6, 6.07) is 4.39. The Morgan fingerprint density at radius 2 is 2.33 bits per heavy atom. The van der Waals surface area contributed by atoms with Crippen LogP contribution in [-0.4, -0.2) is 43.4 Å². The van der Waals surface area contributed by atoms with E-state index in [2.05, 4.69) is 18.0 Å². The average Bonchev–Trinajstić information content (AvgIpc) is 2.93. The molecule has 0 N–H and O–H groups in total. The lowest BCUT2D eigenvalue weighted by Gasteiger charge is -2.53. The van der Waals surface area contributed by atoms with Gasteiger partial charge in [0, 0.05) is 30.4 Å². The Bertz CT molecular complexity index is 701. The summed E-state index contributed by atoms with van der Waals surface area (Å²) < 4.78 is 11.5. The molecule has 1 fully saturated rings. The van der Waals surface area contributed by atoms with E-state index in [0.29, 0.717) is 30.7 Å². The third-order valence-corrected chi connectivity index (χ3v) is 6.11. The van der Waals surface area contributed by atoms with Gasteiger partial charge in [-0.15, -0.1) is 0 Å². The van der Waals surface area contributed by atoms with Gasteiger partial charge in [0.1, 0.15) is 6.29 Å². The molecule has 0 saturated carbocycles. The van der Waals surface area contributed by atoms with E-state index in [1.54, 1.807) is 0 Å². The molecule has 3 aliphatic rings. The van der Waals surface area contributed by atoms with Crippen LogP contribution < -0.4 is 9.47 Å². The van der Waals surface area contributed by atoms with Crippen LogP contribution in [0.15, 0.2) is 12.1 Å². The smallest absolute Gasteiger partial charge is 0.308 e. The van der Waals surface area contributed by atoms with E-state index >= 15 is 0 Å². The van der Waals surface area contributed by atoms with Crippen molar-refractivity contribution in [3.05, 3.63) is 23.3 Å². The number of esters is 1. The minimum absolute atomic E-state index is 0.0424. The summed E-state index contributed by atoms with van der Waals surface area (Å²) in [7, 11) is 2.18. The van der Waals surface area contributed by atoms with Gasteiger partial charge >= 0.3 is 5.97 Å². The number of hydrogen-bond donors (Lipinski definition) is 0. The third kappa shape index (κ3) is 2.10. The fourth-order valence-electron chi connectivity index (χ4n) is 5.10. The zero-order valence-corrected chi connectivity index (χ0v) is 14.2. The molecule has 128 valence electrons. The number of likely N-dealkylation sites (tertiary alicyclic amines) is 1. The van der Waals surface area contributed by atoms with E-state index in [-0.39, 0.29) is 11.4 Å². The molecule has 1 unspecified atom stereocenters. The first-order valence-electron chi connectivity index (χ1n) is 8.68. The molecular weight excluding hydrogens is 306 g/mol. The SMILES string of the molecule is CC(=O)Oc1ccc2c3c1OC[C@]31CCN(C)[C@H](C2)C1CCC=O. The quantitative estimate of drug-likeness (QED) is 0.481. The summed E-state index contributed by atoms with van der Waals surface area (Å²) in [5.41, 5.74) is 2.50. The number of aldehydes is 1. The maximum Gasteiger partial charge on any atom is 0.308 e. The number of fused-ring (bicyclic) bond motifs is 1. The second-order valence-corrected chi connectivity index (χ2v) is 7.32. The van der Waals surface area contributed by atoms with Crippen molar-refractivity contribution < 1.29 is 19.1 Å². The maximum atomic E-state index is 11.4. The fraction of sp³-hybridized carbons (Fsp3) is 0.579. The van der Waals surface area contributed by atoms with Gasteiger partial charge in [0.2, 0.25) is 0 Å². The molecule has 0 amide bonds. The van der Waals surface area contributed by atoms with Crippen LogP contribution in [0.2, 0.25) is 0 Å². The van der Waals surface area contributed by atoms with E-state index in [1.807, 2.05) is 6.07 Å². The summed E-state index contributed by atoms with van der Waals surface area (Å²) in [5, 5.41) is 0. The van der Waals surface area contributed by atoms with Gasteiger partial charge in [0.15, 0.2) is 11.5 Å².